The molecule has 6 nitrogen and oxygen atoms in total. The zero-order chi connectivity index (χ0) is 20.4. The number of nitrogens with zero attached hydrogens (tertiary/aromatic N) is 1. The molecule has 2 saturated heterocycles. The molecule has 0 spiro atoms. The van der Waals surface area contributed by atoms with Gasteiger partial charge in [0.05, 0.1) is 16.6 Å². The van der Waals surface area contributed by atoms with E-state index in [9.17, 15) is 26.4 Å². The molecule has 2 heterocycles. The van der Waals surface area contributed by atoms with Crippen molar-refractivity contribution in [2.75, 3.05) is 26.2 Å². The van der Waals surface area contributed by atoms with Crippen molar-refractivity contribution >= 4 is 15.9 Å². The van der Waals surface area contributed by atoms with Gasteiger partial charge in [0, 0.05) is 32.2 Å². The molecule has 1 aromatic rings. The Morgan fingerprint density at radius 3 is 2.54 bits per heavy atom. The van der Waals surface area contributed by atoms with Crippen LogP contribution in [0.5, 0.6) is 0 Å². The summed E-state index contributed by atoms with van der Waals surface area (Å²) in [6, 6.07) is 3.73. The van der Waals surface area contributed by atoms with Gasteiger partial charge in [-0.3, -0.25) is 4.79 Å². The summed E-state index contributed by atoms with van der Waals surface area (Å²) >= 11 is 0. The molecule has 0 unspecified atom stereocenters. The van der Waals surface area contributed by atoms with E-state index < -0.39 is 21.8 Å². The Labute approximate surface area is 162 Å². The molecule has 10 heteroatoms. The molecule has 1 aromatic carbocycles. The van der Waals surface area contributed by atoms with Crippen LogP contribution >= 0.6 is 0 Å². The van der Waals surface area contributed by atoms with E-state index in [4.69, 9.17) is 4.74 Å². The van der Waals surface area contributed by atoms with E-state index in [1.54, 1.807) is 0 Å². The van der Waals surface area contributed by atoms with Crippen LogP contribution in [0.2, 0.25) is 0 Å². The number of carbonyl (C=O) groups is 1. The van der Waals surface area contributed by atoms with Crippen molar-refractivity contribution in [2.45, 2.75) is 42.9 Å². The summed E-state index contributed by atoms with van der Waals surface area (Å²) < 4.78 is 70.5. The second-order valence-electron chi connectivity index (χ2n) is 7.08. The number of alkyl halides is 3. The highest BCUT2D eigenvalue weighted by Gasteiger charge is 2.35. The molecule has 28 heavy (non-hydrogen) atoms. The van der Waals surface area contributed by atoms with Crippen LogP contribution in [0.4, 0.5) is 13.2 Å². The zero-order valence-corrected chi connectivity index (χ0v) is 16.1. The highest BCUT2D eigenvalue weighted by molar-refractivity contribution is 7.89. The van der Waals surface area contributed by atoms with Crippen molar-refractivity contribution < 1.29 is 31.1 Å². The highest BCUT2D eigenvalue weighted by Crippen LogP contribution is 2.32. The largest absolute Gasteiger partial charge is 0.416 e. The fourth-order valence-electron chi connectivity index (χ4n) is 3.50. The smallest absolute Gasteiger partial charge is 0.376 e. The first kappa shape index (κ1) is 21.1. The molecule has 1 atom stereocenters. The maximum atomic E-state index is 12.9. The molecule has 0 aliphatic carbocycles. The third-order valence-corrected chi connectivity index (χ3v) is 7.05. The number of ether oxygens (including phenoxy) is 1. The first-order valence-electron chi connectivity index (χ1n) is 9.24. The lowest BCUT2D eigenvalue weighted by Gasteiger charge is -2.30. The predicted octanol–water partition coefficient (Wildman–Crippen LogP) is 2.40. The van der Waals surface area contributed by atoms with E-state index in [1.165, 1.54) is 0 Å². The maximum Gasteiger partial charge on any atom is 0.416 e. The summed E-state index contributed by atoms with van der Waals surface area (Å²) in [5.74, 6) is -0.444. The van der Waals surface area contributed by atoms with Gasteiger partial charge in [-0.2, -0.15) is 17.5 Å². The van der Waals surface area contributed by atoms with Crippen LogP contribution in [0.1, 0.15) is 31.2 Å². The molecular weight excluding hydrogens is 397 g/mol. The Balaban J connectivity index is 1.58. The Hall–Kier alpha value is -1.65. The molecule has 0 saturated carbocycles. The van der Waals surface area contributed by atoms with Gasteiger partial charge in [0.15, 0.2) is 0 Å². The van der Waals surface area contributed by atoms with Gasteiger partial charge in [-0.25, -0.2) is 8.42 Å². The van der Waals surface area contributed by atoms with Crippen molar-refractivity contribution in [1.29, 1.82) is 0 Å². The van der Waals surface area contributed by atoms with Gasteiger partial charge in [-0.1, -0.05) is 6.07 Å². The maximum absolute atomic E-state index is 12.9. The highest BCUT2D eigenvalue weighted by atomic mass is 32.2. The molecule has 2 fully saturated rings. The Bertz CT molecular complexity index is 799. The lowest BCUT2D eigenvalue weighted by Crippen LogP contribution is -2.44. The SMILES string of the molecule is O=C(NC[C@H]1CCCO1)C1CCN(S(=O)(=O)c2cccc(C(F)(F)F)c2)CC1. The first-order valence-corrected chi connectivity index (χ1v) is 10.7. The van der Waals surface area contributed by atoms with Crippen LogP contribution in [0.25, 0.3) is 0 Å². The third kappa shape index (κ3) is 4.84. The number of benzene rings is 1. The number of amides is 1. The van der Waals surface area contributed by atoms with Crippen LogP contribution in [-0.4, -0.2) is 51.0 Å². The minimum atomic E-state index is -4.61. The Morgan fingerprint density at radius 2 is 1.93 bits per heavy atom. The molecular formula is C18H23F3N2O4S. The lowest BCUT2D eigenvalue weighted by atomic mass is 9.97. The predicted molar refractivity (Wildman–Crippen MR) is 94.9 cm³/mol. The number of sulfonamides is 1. The van der Waals surface area contributed by atoms with Gasteiger partial charge in [0.1, 0.15) is 0 Å². The van der Waals surface area contributed by atoms with E-state index in [2.05, 4.69) is 5.32 Å². The summed E-state index contributed by atoms with van der Waals surface area (Å²) in [5, 5.41) is 2.85. The second kappa shape index (κ2) is 8.38. The number of hydrogen-bond acceptors (Lipinski definition) is 4. The van der Waals surface area contributed by atoms with Crippen LogP contribution in [-0.2, 0) is 25.7 Å². The van der Waals surface area contributed by atoms with Gasteiger partial charge >= 0.3 is 6.18 Å². The number of rotatable bonds is 5. The molecule has 156 valence electrons. The van der Waals surface area contributed by atoms with Crippen LogP contribution in [0, 0.1) is 5.92 Å². The average molecular weight is 420 g/mol. The molecule has 2 aliphatic rings. The topological polar surface area (TPSA) is 75.7 Å². The number of piperidine rings is 1. The van der Waals surface area contributed by atoms with Crippen molar-refractivity contribution in [3.8, 4) is 0 Å². The van der Waals surface area contributed by atoms with E-state index in [0.29, 0.717) is 32.1 Å². The molecule has 1 N–H and O–H groups in total. The summed E-state index contributed by atoms with van der Waals surface area (Å²) in [7, 11) is -4.04. The fraction of sp³-hybridized carbons (Fsp3) is 0.611. The minimum absolute atomic E-state index is 0.0327. The van der Waals surface area contributed by atoms with E-state index in [0.717, 1.165) is 35.3 Å². The number of halogens is 3. The second-order valence-corrected chi connectivity index (χ2v) is 9.02. The summed E-state index contributed by atoms with van der Waals surface area (Å²) in [6.07, 6.45) is -2.03. The number of hydrogen-bond donors (Lipinski definition) is 1. The first-order chi connectivity index (χ1) is 13.2. The van der Waals surface area contributed by atoms with Gasteiger partial charge in [0.25, 0.3) is 0 Å². The van der Waals surface area contributed by atoms with Gasteiger partial charge < -0.3 is 10.1 Å². The molecule has 0 bridgehead atoms. The minimum Gasteiger partial charge on any atom is -0.376 e. The molecule has 0 radical (unpaired) electrons. The number of carbonyl (C=O) groups excluding carboxylic acids is 1. The van der Waals surface area contributed by atoms with Crippen molar-refractivity contribution in [1.82, 2.24) is 9.62 Å². The van der Waals surface area contributed by atoms with Crippen LogP contribution in [0.15, 0.2) is 29.2 Å². The Morgan fingerprint density at radius 1 is 1.21 bits per heavy atom. The van der Waals surface area contributed by atoms with Gasteiger partial charge in [0.2, 0.25) is 15.9 Å². The number of nitrogens with one attached hydrogen (secondary N) is 1. The lowest BCUT2D eigenvalue weighted by molar-refractivity contribution is -0.137. The van der Waals surface area contributed by atoms with Crippen LogP contribution in [0.3, 0.4) is 0 Å². The monoisotopic (exact) mass is 420 g/mol. The fourth-order valence-corrected chi connectivity index (χ4v) is 5.02. The standard InChI is InChI=1S/C18H23F3N2O4S/c19-18(20,21)14-3-1-5-16(11-14)28(25,26)23-8-6-13(7-9-23)17(24)22-12-15-4-2-10-27-15/h1,3,5,11,13,15H,2,4,6-10,12H2,(H,22,24)/t15-/m1/s1. The van der Waals surface area contributed by atoms with Crippen LogP contribution < -0.4 is 5.32 Å². The van der Waals surface area contributed by atoms with Crippen molar-refractivity contribution in [2.24, 2.45) is 5.92 Å². The van der Waals surface area contributed by atoms with Crippen molar-refractivity contribution in [3.05, 3.63) is 29.8 Å². The summed E-state index contributed by atoms with van der Waals surface area (Å²) in [4.78, 5) is 11.9. The molecule has 1 amide bonds. The van der Waals surface area contributed by atoms with E-state index in [1.807, 2.05) is 0 Å². The summed E-state index contributed by atoms with van der Waals surface area (Å²) in [5.41, 5.74) is -1.00. The third-order valence-electron chi connectivity index (χ3n) is 5.15. The van der Waals surface area contributed by atoms with Gasteiger partial charge in [-0.15, -0.1) is 0 Å². The van der Waals surface area contributed by atoms with E-state index >= 15 is 0 Å². The average Bonchev–Trinajstić information content (AvgIpc) is 3.19. The van der Waals surface area contributed by atoms with Gasteiger partial charge in [-0.05, 0) is 43.9 Å². The normalized spacial score (nSPS) is 22.3. The summed E-state index contributed by atoms with van der Waals surface area (Å²) in [6.45, 7) is 1.33. The molecule has 0 aromatic heterocycles. The van der Waals surface area contributed by atoms with E-state index in [-0.39, 0.29) is 35.9 Å². The Kier molecular flexibility index (Phi) is 6.31. The van der Waals surface area contributed by atoms with Crippen molar-refractivity contribution in [3.63, 3.8) is 0 Å². The zero-order valence-electron chi connectivity index (χ0n) is 15.2. The molecule has 2 aliphatic heterocycles. The molecule has 3 rings (SSSR count). The quantitative estimate of drug-likeness (QED) is 0.794.